The Balaban J connectivity index is 1.26. The van der Waals surface area contributed by atoms with Gasteiger partial charge in [0.1, 0.15) is 17.8 Å². The monoisotopic (exact) mass is 347 g/mol. The summed E-state index contributed by atoms with van der Waals surface area (Å²) in [6, 6.07) is 2.55. The molecule has 2 aliphatic rings. The van der Waals surface area contributed by atoms with E-state index in [-0.39, 0.29) is 0 Å². The average Bonchev–Trinajstić information content (AvgIpc) is 2.94. The largest absolute Gasteiger partial charge is 0.465 e. The van der Waals surface area contributed by atoms with Crippen LogP contribution in [-0.4, -0.2) is 68.2 Å². The van der Waals surface area contributed by atoms with Crippen molar-refractivity contribution in [1.82, 2.24) is 19.9 Å². The lowest BCUT2D eigenvalue weighted by molar-refractivity contribution is 0.121. The summed E-state index contributed by atoms with van der Waals surface area (Å²) < 4.78 is 0. The predicted molar refractivity (Wildman–Crippen MR) is 94.6 cm³/mol. The summed E-state index contributed by atoms with van der Waals surface area (Å²) in [6.45, 7) is 1.37. The highest BCUT2D eigenvalue weighted by Gasteiger charge is 2.36. The standard InChI is InChI=1S/C16H21N5O2S/c1-20(15-13-2-3-17-14(13)18-9-19-15)11-4-10(5-11)8-24-12-6-21(7-12)16(22)23/h2-3,9-12H,4-8H2,1H3,(H,22,23)(H,17,18,19). The first-order valence-corrected chi connectivity index (χ1v) is 9.27. The molecule has 4 rings (SSSR count). The maximum Gasteiger partial charge on any atom is 0.407 e. The van der Waals surface area contributed by atoms with Gasteiger partial charge in [-0.05, 0) is 30.6 Å². The lowest BCUT2D eigenvalue weighted by atomic mass is 9.81. The minimum Gasteiger partial charge on any atom is -0.465 e. The molecule has 2 aromatic heterocycles. The first-order valence-electron chi connectivity index (χ1n) is 8.22. The van der Waals surface area contributed by atoms with E-state index < -0.39 is 6.09 Å². The molecule has 2 N–H and O–H groups in total. The van der Waals surface area contributed by atoms with Gasteiger partial charge in [-0.1, -0.05) is 0 Å². The van der Waals surface area contributed by atoms with Crippen LogP contribution < -0.4 is 4.90 Å². The quantitative estimate of drug-likeness (QED) is 0.863. The van der Waals surface area contributed by atoms with Crippen LogP contribution in [0.25, 0.3) is 11.0 Å². The van der Waals surface area contributed by atoms with E-state index in [0.717, 1.165) is 28.5 Å². The van der Waals surface area contributed by atoms with Gasteiger partial charge in [-0.3, -0.25) is 0 Å². The predicted octanol–water partition coefficient (Wildman–Crippen LogP) is 2.27. The van der Waals surface area contributed by atoms with Gasteiger partial charge in [0.2, 0.25) is 0 Å². The Bertz CT molecular complexity index is 739. The highest BCUT2D eigenvalue weighted by atomic mass is 32.2. The third kappa shape index (κ3) is 2.79. The van der Waals surface area contributed by atoms with E-state index in [0.29, 0.717) is 24.4 Å². The topological polar surface area (TPSA) is 85.4 Å². The first-order chi connectivity index (χ1) is 11.6. The summed E-state index contributed by atoms with van der Waals surface area (Å²) in [5, 5.41) is 10.4. The van der Waals surface area contributed by atoms with Crippen molar-refractivity contribution in [1.29, 1.82) is 0 Å². The molecule has 2 fully saturated rings. The molecular weight excluding hydrogens is 326 g/mol. The molecular formula is C16H21N5O2S. The number of thioether (sulfide) groups is 1. The highest BCUT2D eigenvalue weighted by Crippen LogP contribution is 2.38. The van der Waals surface area contributed by atoms with Crippen LogP contribution in [0.4, 0.5) is 10.6 Å². The number of nitrogens with one attached hydrogen (secondary N) is 1. The number of aromatic amines is 1. The molecule has 1 saturated carbocycles. The van der Waals surface area contributed by atoms with Gasteiger partial charge in [0.05, 0.1) is 5.39 Å². The van der Waals surface area contributed by atoms with Crippen LogP contribution in [0.2, 0.25) is 0 Å². The van der Waals surface area contributed by atoms with Crippen LogP contribution in [0, 0.1) is 5.92 Å². The lowest BCUT2D eigenvalue weighted by Gasteiger charge is -2.43. The second-order valence-electron chi connectivity index (χ2n) is 6.68. The van der Waals surface area contributed by atoms with E-state index in [4.69, 9.17) is 5.11 Å². The van der Waals surface area contributed by atoms with Crippen LogP contribution in [0.15, 0.2) is 18.6 Å². The Kier molecular flexibility index (Phi) is 3.99. The maximum absolute atomic E-state index is 10.8. The summed E-state index contributed by atoms with van der Waals surface area (Å²) in [7, 11) is 2.11. The van der Waals surface area contributed by atoms with Crippen molar-refractivity contribution in [2.45, 2.75) is 24.1 Å². The molecule has 0 radical (unpaired) electrons. The first kappa shape index (κ1) is 15.6. The molecule has 7 nitrogen and oxygen atoms in total. The number of H-pyrrole nitrogens is 1. The van der Waals surface area contributed by atoms with Crippen LogP contribution in [0.3, 0.4) is 0 Å². The summed E-state index contributed by atoms with van der Waals surface area (Å²) in [5.41, 5.74) is 0.881. The number of hydrogen-bond acceptors (Lipinski definition) is 5. The Hall–Kier alpha value is -1.96. The van der Waals surface area contributed by atoms with E-state index in [1.807, 2.05) is 24.0 Å². The third-order valence-corrected chi connectivity index (χ3v) is 6.55. The number of hydrogen-bond donors (Lipinski definition) is 2. The molecule has 0 unspecified atom stereocenters. The molecule has 0 atom stereocenters. The fourth-order valence-electron chi connectivity index (χ4n) is 3.44. The second kappa shape index (κ2) is 6.16. The second-order valence-corrected chi connectivity index (χ2v) is 8.02. The SMILES string of the molecule is CN(c1ncnc2[nH]ccc12)C1CC(CSC2CN(C(=O)O)C2)C1. The van der Waals surface area contributed by atoms with Crippen molar-refractivity contribution in [3.63, 3.8) is 0 Å². The van der Waals surface area contributed by atoms with Crippen molar-refractivity contribution < 1.29 is 9.90 Å². The molecule has 128 valence electrons. The van der Waals surface area contributed by atoms with Gasteiger partial charge in [-0.25, -0.2) is 14.8 Å². The van der Waals surface area contributed by atoms with Crippen molar-refractivity contribution in [2.24, 2.45) is 5.92 Å². The number of carbonyl (C=O) groups is 1. The number of likely N-dealkylation sites (tertiary alicyclic amines) is 1. The van der Waals surface area contributed by atoms with Crippen molar-refractivity contribution >= 4 is 34.7 Å². The number of nitrogens with zero attached hydrogens (tertiary/aromatic N) is 4. The van der Waals surface area contributed by atoms with E-state index in [1.54, 1.807) is 6.33 Å². The molecule has 0 aromatic carbocycles. The fourth-order valence-corrected chi connectivity index (χ4v) is 4.82. The number of carboxylic acid groups (broad SMARTS) is 1. The van der Waals surface area contributed by atoms with Gasteiger partial charge in [0.25, 0.3) is 0 Å². The van der Waals surface area contributed by atoms with E-state index >= 15 is 0 Å². The van der Waals surface area contributed by atoms with Gasteiger partial charge >= 0.3 is 6.09 Å². The van der Waals surface area contributed by atoms with Crippen molar-refractivity contribution in [3.8, 4) is 0 Å². The van der Waals surface area contributed by atoms with Crippen molar-refractivity contribution in [2.75, 3.05) is 30.8 Å². The number of anilines is 1. The Labute approximate surface area is 144 Å². The zero-order valence-electron chi connectivity index (χ0n) is 13.6. The Morgan fingerprint density at radius 2 is 2.25 bits per heavy atom. The van der Waals surface area contributed by atoms with E-state index in [2.05, 4.69) is 26.9 Å². The molecule has 8 heteroatoms. The summed E-state index contributed by atoms with van der Waals surface area (Å²) in [6.07, 6.45) is 5.07. The van der Waals surface area contributed by atoms with E-state index in [9.17, 15) is 4.79 Å². The van der Waals surface area contributed by atoms with Crippen LogP contribution in [0.1, 0.15) is 12.8 Å². The van der Waals surface area contributed by atoms with Gasteiger partial charge in [0, 0.05) is 37.6 Å². The van der Waals surface area contributed by atoms with Gasteiger partial charge in [-0.15, -0.1) is 0 Å². The summed E-state index contributed by atoms with van der Waals surface area (Å²) in [5.74, 6) is 2.85. The summed E-state index contributed by atoms with van der Waals surface area (Å²) >= 11 is 1.93. The molecule has 1 aliphatic heterocycles. The minimum atomic E-state index is -0.793. The van der Waals surface area contributed by atoms with Crippen LogP contribution in [-0.2, 0) is 0 Å². The van der Waals surface area contributed by atoms with Crippen LogP contribution >= 0.6 is 11.8 Å². The van der Waals surface area contributed by atoms with Gasteiger partial charge in [0.15, 0.2) is 0 Å². The molecule has 1 amide bonds. The molecule has 3 heterocycles. The maximum atomic E-state index is 10.8. The highest BCUT2D eigenvalue weighted by molar-refractivity contribution is 8.00. The minimum absolute atomic E-state index is 0.485. The zero-order chi connectivity index (χ0) is 16.7. The lowest BCUT2D eigenvalue weighted by Crippen LogP contribution is -2.52. The third-order valence-electron chi connectivity index (χ3n) is 5.11. The van der Waals surface area contributed by atoms with Gasteiger partial charge in [-0.2, -0.15) is 11.8 Å². The fraction of sp³-hybridized carbons (Fsp3) is 0.562. The Morgan fingerprint density at radius 1 is 1.46 bits per heavy atom. The number of amides is 1. The number of fused-ring (bicyclic) bond motifs is 1. The van der Waals surface area contributed by atoms with Crippen molar-refractivity contribution in [3.05, 3.63) is 18.6 Å². The number of aromatic nitrogens is 3. The molecule has 0 spiro atoms. The van der Waals surface area contributed by atoms with Crippen LogP contribution in [0.5, 0.6) is 0 Å². The zero-order valence-corrected chi connectivity index (χ0v) is 14.4. The Morgan fingerprint density at radius 3 is 3.00 bits per heavy atom. The number of rotatable bonds is 5. The normalized spacial score (nSPS) is 23.8. The molecule has 1 saturated heterocycles. The summed E-state index contributed by atoms with van der Waals surface area (Å²) in [4.78, 5) is 26.3. The molecule has 1 aliphatic carbocycles. The molecule has 24 heavy (non-hydrogen) atoms. The molecule has 2 aromatic rings. The van der Waals surface area contributed by atoms with E-state index in [1.165, 1.54) is 17.7 Å². The smallest absolute Gasteiger partial charge is 0.407 e. The molecule has 0 bridgehead atoms. The van der Waals surface area contributed by atoms with Gasteiger partial charge < -0.3 is 19.9 Å². The average molecular weight is 347 g/mol.